The predicted molar refractivity (Wildman–Crippen MR) is 107 cm³/mol. The van der Waals surface area contributed by atoms with Crippen molar-refractivity contribution < 1.29 is 22.7 Å². The van der Waals surface area contributed by atoms with Gasteiger partial charge in [0.15, 0.2) is 0 Å². The van der Waals surface area contributed by atoms with Gasteiger partial charge in [-0.05, 0) is 32.0 Å². The van der Waals surface area contributed by atoms with E-state index >= 15 is 0 Å². The highest BCUT2D eigenvalue weighted by Gasteiger charge is 2.31. The Morgan fingerprint density at radius 3 is 2.68 bits per heavy atom. The molecule has 0 atom stereocenters. The third-order valence-corrected chi connectivity index (χ3v) is 5.14. The van der Waals surface area contributed by atoms with Gasteiger partial charge in [0.05, 0.1) is 36.1 Å². The Hall–Kier alpha value is -3.43. The predicted octanol–water partition coefficient (Wildman–Crippen LogP) is 3.61. The highest BCUT2D eigenvalue weighted by molar-refractivity contribution is 5.98. The minimum Gasteiger partial charge on any atom is -0.492 e. The van der Waals surface area contributed by atoms with Gasteiger partial charge in [0.25, 0.3) is 5.91 Å². The summed E-state index contributed by atoms with van der Waals surface area (Å²) in [5, 5.41) is 0.649. The molecule has 0 aliphatic carbocycles. The van der Waals surface area contributed by atoms with Gasteiger partial charge in [-0.15, -0.1) is 0 Å². The van der Waals surface area contributed by atoms with Crippen LogP contribution in [0.25, 0.3) is 10.9 Å². The van der Waals surface area contributed by atoms with Crippen molar-refractivity contribution >= 4 is 22.6 Å². The average Bonchev–Trinajstić information content (AvgIpc) is 3.22. The molecule has 1 aliphatic rings. The number of nitrogen functional groups attached to an aromatic ring is 1. The van der Waals surface area contributed by atoms with E-state index in [0.29, 0.717) is 41.2 Å². The summed E-state index contributed by atoms with van der Waals surface area (Å²) in [7, 11) is 0. The molecule has 4 rings (SSSR count). The molecule has 31 heavy (non-hydrogen) atoms. The van der Waals surface area contributed by atoms with E-state index < -0.39 is 11.7 Å². The molecule has 0 aromatic carbocycles. The van der Waals surface area contributed by atoms with Gasteiger partial charge in [-0.25, -0.2) is 9.97 Å². The lowest BCUT2D eigenvalue weighted by molar-refractivity contribution is -0.137. The van der Waals surface area contributed by atoms with Crippen LogP contribution in [0.5, 0.6) is 5.75 Å². The highest BCUT2D eigenvalue weighted by atomic mass is 19.4. The van der Waals surface area contributed by atoms with Gasteiger partial charge in [-0.2, -0.15) is 13.2 Å². The van der Waals surface area contributed by atoms with Crippen LogP contribution in [0.15, 0.2) is 30.6 Å². The van der Waals surface area contributed by atoms with Crippen LogP contribution in [0.2, 0.25) is 0 Å². The molecule has 0 bridgehead atoms. The van der Waals surface area contributed by atoms with Gasteiger partial charge in [0.2, 0.25) is 0 Å². The molecule has 0 unspecified atom stereocenters. The second-order valence-electron chi connectivity index (χ2n) is 7.55. The van der Waals surface area contributed by atoms with Gasteiger partial charge in [0.1, 0.15) is 17.3 Å². The van der Waals surface area contributed by atoms with Crippen molar-refractivity contribution in [1.82, 2.24) is 19.9 Å². The van der Waals surface area contributed by atoms with Gasteiger partial charge >= 0.3 is 6.18 Å². The Morgan fingerprint density at radius 1 is 1.26 bits per heavy atom. The quantitative estimate of drug-likeness (QED) is 0.678. The minimum absolute atomic E-state index is 0.0446. The van der Waals surface area contributed by atoms with Crippen LogP contribution in [0.3, 0.4) is 0 Å². The summed E-state index contributed by atoms with van der Waals surface area (Å²) in [6.45, 7) is 4.16. The van der Waals surface area contributed by atoms with E-state index in [1.54, 1.807) is 6.07 Å². The number of aromatic nitrogens is 3. The number of nitrogens with zero attached hydrogens (tertiary/aromatic N) is 4. The Bertz CT molecular complexity index is 1150. The molecule has 10 heteroatoms. The maximum absolute atomic E-state index is 13.2. The molecule has 0 saturated heterocycles. The number of hydrogen-bond acceptors (Lipinski definition) is 6. The normalized spacial score (nSPS) is 13.4. The summed E-state index contributed by atoms with van der Waals surface area (Å²) >= 11 is 0. The van der Waals surface area contributed by atoms with Crippen molar-refractivity contribution in [3.8, 4) is 5.75 Å². The number of pyridine rings is 3. The van der Waals surface area contributed by atoms with E-state index in [1.165, 1.54) is 17.2 Å². The monoisotopic (exact) mass is 431 g/mol. The number of carbonyl (C=O) groups excluding carboxylic acids is 1. The molecule has 4 heterocycles. The number of rotatable bonds is 4. The number of hydrogen-bond donors (Lipinski definition) is 1. The third-order valence-electron chi connectivity index (χ3n) is 5.14. The van der Waals surface area contributed by atoms with Crippen LogP contribution in [-0.4, -0.2) is 38.4 Å². The lowest BCUT2D eigenvalue weighted by Crippen LogP contribution is -2.37. The topological polar surface area (TPSA) is 94.2 Å². The van der Waals surface area contributed by atoms with Gasteiger partial charge in [-0.1, -0.05) is 0 Å². The van der Waals surface area contributed by atoms with Crippen LogP contribution < -0.4 is 10.5 Å². The first kappa shape index (κ1) is 20.8. The molecule has 2 N–H and O–H groups in total. The van der Waals surface area contributed by atoms with Gasteiger partial charge < -0.3 is 15.4 Å². The summed E-state index contributed by atoms with van der Waals surface area (Å²) < 4.78 is 44.0. The highest BCUT2D eigenvalue weighted by Crippen LogP contribution is 2.36. The largest absolute Gasteiger partial charge is 0.492 e. The number of fused-ring (bicyclic) bond motifs is 3. The summed E-state index contributed by atoms with van der Waals surface area (Å²) in [5.74, 6) is 0.625. The van der Waals surface area contributed by atoms with Crippen LogP contribution in [0.4, 0.5) is 19.0 Å². The van der Waals surface area contributed by atoms with Crippen LogP contribution >= 0.6 is 0 Å². The van der Waals surface area contributed by atoms with E-state index in [9.17, 15) is 18.0 Å². The summed E-state index contributed by atoms with van der Waals surface area (Å²) in [4.78, 5) is 27.1. The third kappa shape index (κ3) is 3.97. The smallest absolute Gasteiger partial charge is 0.417 e. The van der Waals surface area contributed by atoms with E-state index in [2.05, 4.69) is 15.0 Å². The second kappa shape index (κ2) is 7.68. The first-order valence-electron chi connectivity index (χ1n) is 9.69. The number of halogens is 3. The van der Waals surface area contributed by atoms with Gasteiger partial charge in [-0.3, -0.25) is 9.78 Å². The molecule has 0 spiro atoms. The molecule has 0 fully saturated rings. The van der Waals surface area contributed by atoms with Crippen LogP contribution in [-0.2, 0) is 19.1 Å². The molecular formula is C21H20F3N5O2. The molecule has 3 aromatic heterocycles. The SMILES string of the molecule is CC(C)N(Cc1ccc(C(F)(F)F)cn1)C(=O)c1cc2c3c(c(N)nc2cn1)CCO3. The fourth-order valence-electron chi connectivity index (χ4n) is 3.47. The standard InChI is InChI=1S/C21H20F3N5O2/c1-11(2)29(10-13-4-3-12(8-26-13)21(22,23)24)20(30)16-7-15-17(9-27-16)28-19(25)14-5-6-31-18(14)15/h3-4,7-9,11H,5-6,10H2,1-2H3,(H2,25,28). The molecule has 0 saturated carbocycles. The maximum atomic E-state index is 13.2. The first-order chi connectivity index (χ1) is 14.6. The Morgan fingerprint density at radius 2 is 2.03 bits per heavy atom. The van der Waals surface area contributed by atoms with Crippen molar-refractivity contribution in [2.75, 3.05) is 12.3 Å². The maximum Gasteiger partial charge on any atom is 0.417 e. The number of nitrogens with two attached hydrogens (primary N) is 1. The van der Waals surface area contributed by atoms with Crippen molar-refractivity contribution in [3.63, 3.8) is 0 Å². The Labute approximate surface area is 176 Å². The molecule has 1 aliphatic heterocycles. The van der Waals surface area contributed by atoms with E-state index in [0.717, 1.165) is 17.8 Å². The fourth-order valence-corrected chi connectivity index (χ4v) is 3.47. The summed E-state index contributed by atoms with van der Waals surface area (Å²) in [6.07, 6.45) is -1.58. The lowest BCUT2D eigenvalue weighted by Gasteiger charge is -2.26. The summed E-state index contributed by atoms with van der Waals surface area (Å²) in [5.41, 5.74) is 6.99. The van der Waals surface area contributed by atoms with Crippen LogP contribution in [0.1, 0.15) is 41.2 Å². The van der Waals surface area contributed by atoms with E-state index in [-0.39, 0.29) is 24.2 Å². The Balaban J connectivity index is 1.64. The van der Waals surface area contributed by atoms with Gasteiger partial charge in [0, 0.05) is 29.6 Å². The molecule has 0 radical (unpaired) electrons. The van der Waals surface area contributed by atoms with Crippen molar-refractivity contribution in [1.29, 1.82) is 0 Å². The number of anilines is 1. The van der Waals surface area contributed by atoms with Crippen molar-refractivity contribution in [3.05, 3.63) is 53.1 Å². The first-order valence-corrected chi connectivity index (χ1v) is 9.69. The number of carbonyl (C=O) groups is 1. The minimum atomic E-state index is -4.46. The van der Waals surface area contributed by atoms with Crippen molar-refractivity contribution in [2.24, 2.45) is 0 Å². The number of ether oxygens (including phenoxy) is 1. The van der Waals surface area contributed by atoms with Crippen LogP contribution in [0, 0.1) is 0 Å². The average molecular weight is 431 g/mol. The molecule has 1 amide bonds. The Kier molecular flexibility index (Phi) is 5.16. The zero-order valence-corrected chi connectivity index (χ0v) is 16.9. The fraction of sp³-hybridized carbons (Fsp3) is 0.333. The van der Waals surface area contributed by atoms with E-state index in [1.807, 2.05) is 13.8 Å². The molecule has 7 nitrogen and oxygen atoms in total. The zero-order chi connectivity index (χ0) is 22.3. The lowest BCUT2D eigenvalue weighted by atomic mass is 10.1. The second-order valence-corrected chi connectivity index (χ2v) is 7.55. The number of alkyl halides is 3. The zero-order valence-electron chi connectivity index (χ0n) is 16.9. The van der Waals surface area contributed by atoms with E-state index in [4.69, 9.17) is 10.5 Å². The number of amides is 1. The molecule has 162 valence electrons. The molecular weight excluding hydrogens is 411 g/mol. The summed E-state index contributed by atoms with van der Waals surface area (Å²) in [6, 6.07) is 3.60. The van der Waals surface area contributed by atoms with Crippen molar-refractivity contribution in [2.45, 2.75) is 39.0 Å². The molecule has 3 aromatic rings.